The van der Waals surface area contributed by atoms with Crippen LogP contribution in [-0.2, 0) is 11.2 Å². The van der Waals surface area contributed by atoms with Gasteiger partial charge in [0.15, 0.2) is 0 Å². The van der Waals surface area contributed by atoms with Gasteiger partial charge >= 0.3 is 0 Å². The van der Waals surface area contributed by atoms with E-state index in [-0.39, 0.29) is 0 Å². The summed E-state index contributed by atoms with van der Waals surface area (Å²) in [6, 6.07) is 8.04. The minimum Gasteiger partial charge on any atom is -0.381 e. The second-order valence-electron chi connectivity index (χ2n) is 6.88. The van der Waals surface area contributed by atoms with E-state index in [1.165, 1.54) is 16.6 Å². The summed E-state index contributed by atoms with van der Waals surface area (Å²) in [5, 5.41) is 5.41. The van der Waals surface area contributed by atoms with Gasteiger partial charge in [-0.1, -0.05) is 11.6 Å². The number of H-pyrrole nitrogens is 1. The molecule has 0 aliphatic carbocycles. The van der Waals surface area contributed by atoms with Crippen molar-refractivity contribution in [2.75, 3.05) is 25.1 Å². The van der Waals surface area contributed by atoms with E-state index in [0.29, 0.717) is 5.92 Å². The average Bonchev–Trinajstić information content (AvgIpc) is 3.23. The van der Waals surface area contributed by atoms with Gasteiger partial charge in [-0.05, 0) is 50.5 Å². The van der Waals surface area contributed by atoms with Gasteiger partial charge in [0.2, 0.25) is 0 Å². The molecule has 1 aliphatic rings. The molecule has 136 valence electrons. The molecule has 26 heavy (non-hydrogen) atoms. The van der Waals surface area contributed by atoms with Crippen LogP contribution >= 0.6 is 11.6 Å². The molecule has 1 aromatic carbocycles. The fourth-order valence-corrected chi connectivity index (χ4v) is 3.82. The number of ether oxygens (including phenoxy) is 1. The van der Waals surface area contributed by atoms with E-state index in [1.807, 2.05) is 25.1 Å². The van der Waals surface area contributed by atoms with Gasteiger partial charge in [-0.15, -0.1) is 0 Å². The first kappa shape index (κ1) is 17.3. The highest BCUT2D eigenvalue weighted by Gasteiger charge is 2.20. The van der Waals surface area contributed by atoms with Gasteiger partial charge in [-0.3, -0.25) is 0 Å². The van der Waals surface area contributed by atoms with Gasteiger partial charge in [0, 0.05) is 46.8 Å². The number of aryl methyl sites for hydroxylation is 2. The fraction of sp³-hybridized carbons (Fsp3) is 0.400. The largest absolute Gasteiger partial charge is 0.381 e. The summed E-state index contributed by atoms with van der Waals surface area (Å²) < 4.78 is 5.49. The Morgan fingerprint density at radius 3 is 2.96 bits per heavy atom. The highest BCUT2D eigenvalue weighted by molar-refractivity contribution is 6.31. The van der Waals surface area contributed by atoms with E-state index in [9.17, 15) is 0 Å². The maximum absolute atomic E-state index is 6.17. The minimum absolute atomic E-state index is 0.384. The lowest BCUT2D eigenvalue weighted by Gasteiger charge is -2.12. The van der Waals surface area contributed by atoms with Crippen LogP contribution in [0, 0.1) is 13.8 Å². The number of anilines is 1. The van der Waals surface area contributed by atoms with Crippen LogP contribution in [0.3, 0.4) is 0 Å². The number of aromatic amines is 1. The summed E-state index contributed by atoms with van der Waals surface area (Å²) in [5.41, 5.74) is 4.69. The Bertz CT molecular complexity index is 931. The molecule has 0 saturated carbocycles. The van der Waals surface area contributed by atoms with E-state index >= 15 is 0 Å². The summed E-state index contributed by atoms with van der Waals surface area (Å²) in [6.07, 6.45) is 1.93. The van der Waals surface area contributed by atoms with Gasteiger partial charge in [-0.25, -0.2) is 9.97 Å². The second kappa shape index (κ2) is 7.25. The summed E-state index contributed by atoms with van der Waals surface area (Å²) in [7, 11) is 0. The molecule has 3 aromatic rings. The maximum atomic E-state index is 6.17. The van der Waals surface area contributed by atoms with Crippen LogP contribution in [0.1, 0.15) is 35.1 Å². The molecule has 5 nitrogen and oxygen atoms in total. The summed E-state index contributed by atoms with van der Waals surface area (Å²) in [6.45, 7) is 6.42. The summed E-state index contributed by atoms with van der Waals surface area (Å²) in [4.78, 5) is 12.6. The smallest absolute Gasteiger partial charge is 0.129 e. The van der Waals surface area contributed by atoms with Crippen LogP contribution in [0.5, 0.6) is 0 Å². The third-order valence-electron chi connectivity index (χ3n) is 4.97. The third-order valence-corrected chi connectivity index (χ3v) is 5.20. The zero-order valence-electron chi connectivity index (χ0n) is 15.1. The van der Waals surface area contributed by atoms with Crippen molar-refractivity contribution in [1.29, 1.82) is 0 Å². The molecular formula is C20H23ClN4O. The maximum Gasteiger partial charge on any atom is 0.129 e. The van der Waals surface area contributed by atoms with Crippen LogP contribution in [-0.4, -0.2) is 34.7 Å². The van der Waals surface area contributed by atoms with Crippen LogP contribution in [0.15, 0.2) is 24.3 Å². The molecule has 0 spiro atoms. The molecule has 1 atom stereocenters. The number of fused-ring (bicyclic) bond motifs is 1. The van der Waals surface area contributed by atoms with E-state index in [4.69, 9.17) is 16.3 Å². The molecule has 2 N–H and O–H groups in total. The Morgan fingerprint density at radius 1 is 1.27 bits per heavy atom. The van der Waals surface area contributed by atoms with E-state index < -0.39 is 0 Å². The van der Waals surface area contributed by atoms with Crippen molar-refractivity contribution in [1.82, 2.24) is 15.0 Å². The molecule has 0 amide bonds. The number of aromatic nitrogens is 3. The number of benzene rings is 1. The average molecular weight is 371 g/mol. The molecule has 0 bridgehead atoms. The van der Waals surface area contributed by atoms with Gasteiger partial charge in [0.1, 0.15) is 11.6 Å². The molecule has 4 rings (SSSR count). The molecule has 0 radical (unpaired) electrons. The standard InChI is InChI=1S/C20H23ClN4O/c1-12-16(17-9-15(21)3-4-18(17)23-12)5-7-22-20-10-19(24-13(2)25-20)14-6-8-26-11-14/h3-4,9-10,14,23H,5-8,11H2,1-2H3,(H,22,24,25). The molecule has 6 heteroatoms. The van der Waals surface area contributed by atoms with Gasteiger partial charge in [0.05, 0.1) is 12.3 Å². The van der Waals surface area contributed by atoms with Crippen molar-refractivity contribution in [3.05, 3.63) is 52.1 Å². The normalized spacial score (nSPS) is 17.1. The number of hydrogen-bond acceptors (Lipinski definition) is 4. The highest BCUT2D eigenvalue weighted by atomic mass is 35.5. The number of hydrogen-bond donors (Lipinski definition) is 2. The van der Waals surface area contributed by atoms with Crippen molar-refractivity contribution in [2.24, 2.45) is 0 Å². The minimum atomic E-state index is 0.384. The molecule has 1 unspecified atom stereocenters. The monoisotopic (exact) mass is 370 g/mol. The third kappa shape index (κ3) is 3.55. The van der Waals surface area contributed by atoms with E-state index in [2.05, 4.69) is 33.3 Å². The fourth-order valence-electron chi connectivity index (χ4n) is 3.65. The quantitative estimate of drug-likeness (QED) is 0.699. The molecule has 1 fully saturated rings. The zero-order chi connectivity index (χ0) is 18.1. The lowest BCUT2D eigenvalue weighted by molar-refractivity contribution is 0.193. The molecular weight excluding hydrogens is 348 g/mol. The lowest BCUT2D eigenvalue weighted by atomic mass is 10.0. The predicted molar refractivity (Wildman–Crippen MR) is 105 cm³/mol. The second-order valence-corrected chi connectivity index (χ2v) is 7.32. The predicted octanol–water partition coefficient (Wildman–Crippen LogP) is 4.39. The Hall–Kier alpha value is -2.11. The number of rotatable bonds is 5. The van der Waals surface area contributed by atoms with Gasteiger partial charge in [-0.2, -0.15) is 0 Å². The van der Waals surface area contributed by atoms with Crippen LogP contribution < -0.4 is 5.32 Å². The topological polar surface area (TPSA) is 62.8 Å². The first-order valence-corrected chi connectivity index (χ1v) is 9.42. The highest BCUT2D eigenvalue weighted by Crippen LogP contribution is 2.27. The van der Waals surface area contributed by atoms with Crippen molar-refractivity contribution >= 4 is 28.3 Å². The van der Waals surface area contributed by atoms with Crippen LogP contribution in [0.25, 0.3) is 10.9 Å². The Morgan fingerprint density at radius 2 is 2.15 bits per heavy atom. The van der Waals surface area contributed by atoms with E-state index in [0.717, 1.165) is 60.5 Å². The molecule has 1 aliphatic heterocycles. The first-order valence-electron chi connectivity index (χ1n) is 9.04. The Labute approximate surface area is 158 Å². The SMILES string of the molecule is Cc1nc(NCCc2c(C)[nH]c3ccc(Cl)cc23)cc(C2CCOC2)n1. The van der Waals surface area contributed by atoms with Crippen molar-refractivity contribution in [3.63, 3.8) is 0 Å². The van der Waals surface area contributed by atoms with Crippen molar-refractivity contribution < 1.29 is 4.74 Å². The Kier molecular flexibility index (Phi) is 4.83. The van der Waals surface area contributed by atoms with Crippen molar-refractivity contribution in [2.45, 2.75) is 32.6 Å². The number of halogens is 1. The molecule has 1 saturated heterocycles. The lowest BCUT2D eigenvalue weighted by Crippen LogP contribution is -2.10. The van der Waals surface area contributed by atoms with Gasteiger partial charge < -0.3 is 15.0 Å². The van der Waals surface area contributed by atoms with E-state index in [1.54, 1.807) is 0 Å². The summed E-state index contributed by atoms with van der Waals surface area (Å²) in [5.74, 6) is 2.07. The van der Waals surface area contributed by atoms with Crippen molar-refractivity contribution in [3.8, 4) is 0 Å². The first-order chi connectivity index (χ1) is 12.6. The molecule has 3 heterocycles. The Balaban J connectivity index is 1.48. The zero-order valence-corrected chi connectivity index (χ0v) is 15.9. The van der Waals surface area contributed by atoms with Gasteiger partial charge in [0.25, 0.3) is 0 Å². The van der Waals surface area contributed by atoms with Crippen LogP contribution in [0.4, 0.5) is 5.82 Å². The summed E-state index contributed by atoms with van der Waals surface area (Å²) >= 11 is 6.17. The number of nitrogens with one attached hydrogen (secondary N) is 2. The van der Waals surface area contributed by atoms with Crippen LogP contribution in [0.2, 0.25) is 5.02 Å². The molecule has 2 aromatic heterocycles. The number of nitrogens with zero attached hydrogens (tertiary/aromatic N) is 2.